The van der Waals surface area contributed by atoms with Crippen LogP contribution >= 0.6 is 0 Å². The molecule has 0 radical (unpaired) electrons. The van der Waals surface area contributed by atoms with Gasteiger partial charge in [0.15, 0.2) is 5.82 Å². The zero-order valence-corrected chi connectivity index (χ0v) is 10.3. The van der Waals surface area contributed by atoms with Crippen LogP contribution in [0.2, 0.25) is 0 Å². The van der Waals surface area contributed by atoms with E-state index in [-0.39, 0.29) is 11.5 Å². The molecule has 0 fully saturated rings. The Balaban J connectivity index is 2.67. The topological polar surface area (TPSA) is 51.0 Å². The van der Waals surface area contributed by atoms with Crippen molar-refractivity contribution < 1.29 is 4.52 Å². The molecule has 4 nitrogen and oxygen atoms in total. The second-order valence-electron chi connectivity index (χ2n) is 4.88. The maximum absolute atomic E-state index is 5.23. The van der Waals surface area contributed by atoms with Crippen molar-refractivity contribution in [3.63, 3.8) is 0 Å². The van der Waals surface area contributed by atoms with Gasteiger partial charge in [-0.1, -0.05) is 32.9 Å². The van der Waals surface area contributed by atoms with Crippen molar-refractivity contribution in [1.29, 1.82) is 0 Å². The molecule has 0 aliphatic carbocycles. The van der Waals surface area contributed by atoms with E-state index in [1.807, 2.05) is 6.92 Å². The maximum atomic E-state index is 5.23. The molecular weight excluding hydrogens is 190 g/mol. The minimum atomic E-state index is -0.0494. The Bertz CT molecular complexity index is 301. The van der Waals surface area contributed by atoms with E-state index in [2.05, 4.69) is 43.2 Å². The van der Waals surface area contributed by atoms with Crippen LogP contribution in [-0.4, -0.2) is 16.7 Å². The zero-order valence-electron chi connectivity index (χ0n) is 10.3. The summed E-state index contributed by atoms with van der Waals surface area (Å²) in [5.41, 5.74) is -0.0494. The first-order valence-electron chi connectivity index (χ1n) is 5.52. The lowest BCUT2D eigenvalue weighted by Gasteiger charge is -2.11. The Labute approximate surface area is 91.5 Å². The van der Waals surface area contributed by atoms with Gasteiger partial charge in [-0.3, -0.25) is 0 Å². The van der Waals surface area contributed by atoms with Gasteiger partial charge in [0.2, 0.25) is 5.89 Å². The summed E-state index contributed by atoms with van der Waals surface area (Å²) in [6, 6.07) is 0.133. The van der Waals surface area contributed by atoms with Crippen molar-refractivity contribution in [3.8, 4) is 0 Å². The molecule has 1 N–H and O–H groups in total. The Hall–Kier alpha value is -0.900. The average molecular weight is 211 g/mol. The highest BCUT2D eigenvalue weighted by Crippen LogP contribution is 2.20. The van der Waals surface area contributed by atoms with Gasteiger partial charge in [-0.05, 0) is 19.9 Å². The highest BCUT2D eigenvalue weighted by atomic mass is 16.5. The predicted octanol–water partition coefficient (Wildman–Crippen LogP) is 2.43. The fourth-order valence-electron chi connectivity index (χ4n) is 1.16. The van der Waals surface area contributed by atoms with E-state index in [4.69, 9.17) is 4.52 Å². The van der Waals surface area contributed by atoms with Crippen LogP contribution in [0.3, 0.4) is 0 Å². The van der Waals surface area contributed by atoms with Gasteiger partial charge in [-0.15, -0.1) is 0 Å². The Morgan fingerprint density at radius 2 is 2.07 bits per heavy atom. The first-order chi connectivity index (χ1) is 6.95. The van der Waals surface area contributed by atoms with Crippen molar-refractivity contribution in [2.45, 2.75) is 52.5 Å². The van der Waals surface area contributed by atoms with Crippen LogP contribution in [0.5, 0.6) is 0 Å². The number of rotatable bonds is 4. The summed E-state index contributed by atoms with van der Waals surface area (Å²) < 4.78 is 5.23. The van der Waals surface area contributed by atoms with Crippen molar-refractivity contribution in [2.24, 2.45) is 0 Å². The summed E-state index contributed by atoms with van der Waals surface area (Å²) in [7, 11) is 0. The monoisotopic (exact) mass is 211 g/mol. The smallest absolute Gasteiger partial charge is 0.243 e. The van der Waals surface area contributed by atoms with E-state index >= 15 is 0 Å². The molecule has 1 atom stereocenters. The van der Waals surface area contributed by atoms with E-state index in [9.17, 15) is 0 Å². The molecule has 1 rings (SSSR count). The van der Waals surface area contributed by atoms with Gasteiger partial charge >= 0.3 is 0 Å². The zero-order chi connectivity index (χ0) is 11.5. The second kappa shape index (κ2) is 4.75. The predicted molar refractivity (Wildman–Crippen MR) is 59.7 cm³/mol. The van der Waals surface area contributed by atoms with Gasteiger partial charge in [0.1, 0.15) is 0 Å². The fraction of sp³-hybridized carbons (Fsp3) is 0.818. The van der Waals surface area contributed by atoms with Gasteiger partial charge in [0, 0.05) is 5.41 Å². The summed E-state index contributed by atoms with van der Waals surface area (Å²) in [5, 5.41) is 7.31. The fourth-order valence-corrected chi connectivity index (χ4v) is 1.16. The summed E-state index contributed by atoms with van der Waals surface area (Å²) in [5.74, 6) is 1.44. The first kappa shape index (κ1) is 12.2. The minimum absolute atomic E-state index is 0.0494. The number of nitrogens with one attached hydrogen (secondary N) is 1. The van der Waals surface area contributed by atoms with E-state index in [1.165, 1.54) is 0 Å². The molecule has 0 saturated carbocycles. The van der Waals surface area contributed by atoms with Crippen molar-refractivity contribution in [1.82, 2.24) is 15.5 Å². The number of nitrogens with zero attached hydrogens (tertiary/aromatic N) is 2. The van der Waals surface area contributed by atoms with Crippen LogP contribution in [-0.2, 0) is 5.41 Å². The third-order valence-corrected chi connectivity index (χ3v) is 2.18. The lowest BCUT2D eigenvalue weighted by molar-refractivity contribution is 0.331. The van der Waals surface area contributed by atoms with Crippen LogP contribution in [0.4, 0.5) is 0 Å². The lowest BCUT2D eigenvalue weighted by atomic mass is 9.96. The third kappa shape index (κ3) is 3.30. The lowest BCUT2D eigenvalue weighted by Crippen LogP contribution is -2.20. The maximum Gasteiger partial charge on any atom is 0.243 e. The summed E-state index contributed by atoms with van der Waals surface area (Å²) in [6.45, 7) is 11.4. The highest BCUT2D eigenvalue weighted by Gasteiger charge is 2.22. The van der Waals surface area contributed by atoms with Gasteiger partial charge in [0.05, 0.1) is 6.04 Å². The largest absolute Gasteiger partial charge is 0.338 e. The van der Waals surface area contributed by atoms with E-state index in [0.29, 0.717) is 5.89 Å². The molecule has 1 aromatic rings. The number of hydrogen-bond acceptors (Lipinski definition) is 4. The Kier molecular flexibility index (Phi) is 3.85. The standard InChI is InChI=1S/C11H21N3O/c1-6-7-12-8(2)9-13-10(14-15-9)11(3,4)5/h8,12H,6-7H2,1-5H3. The van der Waals surface area contributed by atoms with E-state index < -0.39 is 0 Å². The molecule has 0 aromatic carbocycles. The molecule has 0 spiro atoms. The molecule has 15 heavy (non-hydrogen) atoms. The molecule has 4 heteroatoms. The third-order valence-electron chi connectivity index (χ3n) is 2.18. The molecule has 86 valence electrons. The summed E-state index contributed by atoms with van der Waals surface area (Å²) in [6.07, 6.45) is 1.10. The van der Waals surface area contributed by atoms with Crippen LogP contribution in [0.15, 0.2) is 4.52 Å². The molecule has 0 aliphatic rings. The molecule has 1 heterocycles. The van der Waals surface area contributed by atoms with Crippen molar-refractivity contribution in [3.05, 3.63) is 11.7 Å². The van der Waals surface area contributed by atoms with Crippen LogP contribution in [0.25, 0.3) is 0 Å². The highest BCUT2D eigenvalue weighted by molar-refractivity contribution is 5.01. The quantitative estimate of drug-likeness (QED) is 0.831. The second-order valence-corrected chi connectivity index (χ2v) is 4.88. The van der Waals surface area contributed by atoms with Crippen molar-refractivity contribution in [2.75, 3.05) is 6.54 Å². The first-order valence-corrected chi connectivity index (χ1v) is 5.52. The van der Waals surface area contributed by atoms with Crippen molar-refractivity contribution >= 4 is 0 Å². The van der Waals surface area contributed by atoms with E-state index in [0.717, 1.165) is 18.8 Å². The molecule has 0 amide bonds. The molecule has 0 saturated heterocycles. The minimum Gasteiger partial charge on any atom is -0.338 e. The number of hydrogen-bond donors (Lipinski definition) is 1. The Morgan fingerprint density at radius 3 is 2.53 bits per heavy atom. The SMILES string of the molecule is CCCNC(C)c1nc(C(C)(C)C)no1. The molecule has 0 bridgehead atoms. The number of aromatic nitrogens is 2. The normalized spacial score (nSPS) is 14.2. The van der Waals surface area contributed by atoms with E-state index in [1.54, 1.807) is 0 Å². The Morgan fingerprint density at radius 1 is 1.40 bits per heavy atom. The molecule has 1 unspecified atom stereocenters. The van der Waals surface area contributed by atoms with Crippen LogP contribution < -0.4 is 5.32 Å². The van der Waals surface area contributed by atoms with Gasteiger partial charge in [0.25, 0.3) is 0 Å². The van der Waals surface area contributed by atoms with Gasteiger partial charge < -0.3 is 9.84 Å². The van der Waals surface area contributed by atoms with Crippen LogP contribution in [0, 0.1) is 0 Å². The molecular formula is C11H21N3O. The van der Waals surface area contributed by atoms with Gasteiger partial charge in [-0.2, -0.15) is 4.98 Å². The molecule has 1 aromatic heterocycles. The summed E-state index contributed by atoms with van der Waals surface area (Å²) in [4.78, 5) is 4.39. The average Bonchev–Trinajstić information content (AvgIpc) is 2.62. The van der Waals surface area contributed by atoms with Gasteiger partial charge in [-0.25, -0.2) is 0 Å². The molecule has 0 aliphatic heterocycles. The van der Waals surface area contributed by atoms with Crippen LogP contribution in [0.1, 0.15) is 58.8 Å². The summed E-state index contributed by atoms with van der Waals surface area (Å²) >= 11 is 0.